The zero-order chi connectivity index (χ0) is 25.3. The molecule has 3 aromatic rings. The van der Waals surface area contributed by atoms with E-state index in [4.69, 9.17) is 19.3 Å². The molecule has 1 atom stereocenters. The number of hydrogen-bond acceptors (Lipinski definition) is 7. The highest BCUT2D eigenvalue weighted by Gasteiger charge is 2.24. The van der Waals surface area contributed by atoms with Crippen molar-refractivity contribution in [3.63, 3.8) is 0 Å². The van der Waals surface area contributed by atoms with Gasteiger partial charge in [0.1, 0.15) is 11.6 Å². The average Bonchev–Trinajstić information content (AvgIpc) is 3.18. The van der Waals surface area contributed by atoms with Crippen LogP contribution in [0.25, 0.3) is 5.69 Å². The van der Waals surface area contributed by atoms with E-state index in [1.54, 1.807) is 23.9 Å². The number of hydrogen-bond donors (Lipinski definition) is 1. The highest BCUT2D eigenvalue weighted by Crippen LogP contribution is 2.32. The second kappa shape index (κ2) is 12.9. The number of aliphatic hydroxyl groups is 1. The average molecular weight is 499 g/mol. The van der Waals surface area contributed by atoms with Crippen LogP contribution in [0.5, 0.6) is 11.6 Å². The smallest absolute Gasteiger partial charge is 0.227 e. The van der Waals surface area contributed by atoms with Gasteiger partial charge in [0.15, 0.2) is 0 Å². The van der Waals surface area contributed by atoms with Gasteiger partial charge in [0.05, 0.1) is 42.9 Å². The molecule has 1 N–H and O–H groups in total. The number of morpholine rings is 1. The van der Waals surface area contributed by atoms with E-state index in [1.807, 2.05) is 37.3 Å². The van der Waals surface area contributed by atoms with E-state index in [0.29, 0.717) is 57.6 Å². The molecule has 194 valence electrons. The SMILES string of the molecule is COCCN(Cc1c(C)nn(-c2ccccc2)c1Oc1cccc(F)c1)CC(O)CN1CCOCC1. The number of rotatable bonds is 12. The standard InChI is InChI=1S/C27H35FN4O4/c1-21-26(20-31(11-14-34-2)19-24(33)18-30-12-15-35-16-13-30)27(36-25-10-6-7-22(28)17-25)32(29-21)23-8-4-3-5-9-23/h3-10,17,24,33H,11-16,18-20H2,1-2H3. The van der Waals surface area contributed by atoms with Gasteiger partial charge >= 0.3 is 0 Å². The summed E-state index contributed by atoms with van der Waals surface area (Å²) >= 11 is 0. The van der Waals surface area contributed by atoms with Crippen molar-refractivity contribution in [3.8, 4) is 17.3 Å². The van der Waals surface area contributed by atoms with Crippen LogP contribution in [0.15, 0.2) is 54.6 Å². The third kappa shape index (κ3) is 7.11. The Hall–Kier alpha value is -2.82. The Labute approximate surface area is 211 Å². The van der Waals surface area contributed by atoms with Gasteiger partial charge in [0.25, 0.3) is 0 Å². The summed E-state index contributed by atoms with van der Waals surface area (Å²) in [7, 11) is 1.67. The summed E-state index contributed by atoms with van der Waals surface area (Å²) < 4.78 is 32.7. The van der Waals surface area contributed by atoms with E-state index < -0.39 is 6.10 Å². The van der Waals surface area contributed by atoms with Gasteiger partial charge in [0.2, 0.25) is 5.88 Å². The van der Waals surface area contributed by atoms with Gasteiger partial charge in [-0.05, 0) is 31.2 Å². The number of nitrogens with zero attached hydrogens (tertiary/aromatic N) is 4. The van der Waals surface area contributed by atoms with Crippen LogP contribution in [0.3, 0.4) is 0 Å². The third-order valence-electron chi connectivity index (χ3n) is 6.18. The molecule has 1 aromatic heterocycles. The van der Waals surface area contributed by atoms with E-state index in [0.717, 1.165) is 30.0 Å². The number of ether oxygens (including phenoxy) is 3. The second-order valence-electron chi connectivity index (χ2n) is 8.97. The van der Waals surface area contributed by atoms with Gasteiger partial charge in [0, 0.05) is 52.4 Å². The Bertz CT molecular complexity index is 1090. The normalized spacial score (nSPS) is 15.4. The van der Waals surface area contributed by atoms with E-state index >= 15 is 0 Å². The quantitative estimate of drug-likeness (QED) is 0.411. The molecule has 0 spiro atoms. The number of aromatic nitrogens is 2. The zero-order valence-corrected chi connectivity index (χ0v) is 21.0. The predicted octanol–water partition coefficient (Wildman–Crippen LogP) is 3.25. The first-order chi connectivity index (χ1) is 17.5. The van der Waals surface area contributed by atoms with Crippen molar-refractivity contribution in [2.24, 2.45) is 0 Å². The molecule has 0 saturated carbocycles. The number of para-hydroxylation sites is 1. The molecule has 0 aliphatic carbocycles. The number of aryl methyl sites for hydroxylation is 1. The summed E-state index contributed by atoms with van der Waals surface area (Å²) in [5, 5.41) is 15.6. The second-order valence-corrected chi connectivity index (χ2v) is 8.97. The maximum absolute atomic E-state index is 13.9. The predicted molar refractivity (Wildman–Crippen MR) is 135 cm³/mol. The molecule has 8 nitrogen and oxygen atoms in total. The van der Waals surface area contributed by atoms with Gasteiger partial charge in [-0.25, -0.2) is 9.07 Å². The van der Waals surface area contributed by atoms with Crippen LogP contribution < -0.4 is 4.74 Å². The molecule has 0 amide bonds. The van der Waals surface area contributed by atoms with Crippen molar-refractivity contribution in [1.29, 1.82) is 0 Å². The lowest BCUT2D eigenvalue weighted by atomic mass is 10.2. The molecular weight excluding hydrogens is 463 g/mol. The Morgan fingerprint density at radius 2 is 1.92 bits per heavy atom. The molecule has 2 aromatic carbocycles. The van der Waals surface area contributed by atoms with Gasteiger partial charge in [-0.15, -0.1) is 0 Å². The first-order valence-corrected chi connectivity index (χ1v) is 12.3. The van der Waals surface area contributed by atoms with Gasteiger partial charge in [-0.2, -0.15) is 5.10 Å². The molecule has 1 saturated heterocycles. The fourth-order valence-corrected chi connectivity index (χ4v) is 4.33. The number of methoxy groups -OCH3 is 1. The minimum Gasteiger partial charge on any atom is -0.438 e. The van der Waals surface area contributed by atoms with Gasteiger partial charge in [-0.3, -0.25) is 9.80 Å². The molecule has 1 aliphatic rings. The van der Waals surface area contributed by atoms with Crippen LogP contribution >= 0.6 is 0 Å². The minimum atomic E-state index is -0.531. The number of benzene rings is 2. The van der Waals surface area contributed by atoms with Crippen molar-refractivity contribution in [2.45, 2.75) is 19.6 Å². The molecule has 2 heterocycles. The summed E-state index contributed by atoms with van der Waals surface area (Å²) in [6, 6.07) is 15.8. The summed E-state index contributed by atoms with van der Waals surface area (Å²) in [5.74, 6) is 0.544. The maximum atomic E-state index is 13.9. The first-order valence-electron chi connectivity index (χ1n) is 12.3. The molecule has 0 radical (unpaired) electrons. The zero-order valence-electron chi connectivity index (χ0n) is 21.0. The molecule has 4 rings (SSSR count). The maximum Gasteiger partial charge on any atom is 0.227 e. The lowest BCUT2D eigenvalue weighted by Crippen LogP contribution is -2.45. The lowest BCUT2D eigenvalue weighted by Gasteiger charge is -2.31. The highest BCUT2D eigenvalue weighted by molar-refractivity contribution is 5.43. The van der Waals surface area contributed by atoms with Crippen molar-refractivity contribution >= 4 is 0 Å². The molecule has 1 fully saturated rings. The minimum absolute atomic E-state index is 0.371. The molecule has 0 bridgehead atoms. The van der Waals surface area contributed by atoms with Crippen molar-refractivity contribution in [2.75, 3.05) is 59.7 Å². The van der Waals surface area contributed by atoms with E-state index in [2.05, 4.69) is 9.80 Å². The monoisotopic (exact) mass is 498 g/mol. The largest absolute Gasteiger partial charge is 0.438 e. The summed E-state index contributed by atoms with van der Waals surface area (Å²) in [6.07, 6.45) is -0.531. The Balaban J connectivity index is 1.59. The van der Waals surface area contributed by atoms with Crippen LogP contribution in [0.2, 0.25) is 0 Å². The van der Waals surface area contributed by atoms with E-state index in [1.165, 1.54) is 12.1 Å². The fourth-order valence-electron chi connectivity index (χ4n) is 4.33. The van der Waals surface area contributed by atoms with Crippen LogP contribution in [-0.4, -0.2) is 90.4 Å². The Morgan fingerprint density at radius 1 is 1.14 bits per heavy atom. The fraction of sp³-hybridized carbons (Fsp3) is 0.444. The van der Waals surface area contributed by atoms with Crippen LogP contribution in [-0.2, 0) is 16.0 Å². The Kier molecular flexibility index (Phi) is 9.43. The van der Waals surface area contributed by atoms with Crippen molar-refractivity contribution < 1.29 is 23.7 Å². The number of halogens is 1. The third-order valence-corrected chi connectivity index (χ3v) is 6.18. The molecule has 9 heteroatoms. The van der Waals surface area contributed by atoms with E-state index in [9.17, 15) is 9.50 Å². The van der Waals surface area contributed by atoms with Crippen LogP contribution in [0.1, 0.15) is 11.3 Å². The van der Waals surface area contributed by atoms with Crippen LogP contribution in [0, 0.1) is 12.7 Å². The van der Waals surface area contributed by atoms with Crippen LogP contribution in [0.4, 0.5) is 4.39 Å². The van der Waals surface area contributed by atoms with Crippen molar-refractivity contribution in [1.82, 2.24) is 19.6 Å². The number of β-amino-alcohol motifs (C(OH)–C–C–N with tert-alkyl or cyclic N) is 1. The van der Waals surface area contributed by atoms with Gasteiger partial charge in [-0.1, -0.05) is 24.3 Å². The molecular formula is C27H35FN4O4. The molecule has 36 heavy (non-hydrogen) atoms. The Morgan fingerprint density at radius 3 is 2.64 bits per heavy atom. The highest BCUT2D eigenvalue weighted by atomic mass is 19.1. The van der Waals surface area contributed by atoms with E-state index in [-0.39, 0.29) is 5.82 Å². The molecule has 1 unspecified atom stereocenters. The lowest BCUT2D eigenvalue weighted by molar-refractivity contribution is 0.00431. The summed E-state index contributed by atoms with van der Waals surface area (Å²) in [4.78, 5) is 4.37. The summed E-state index contributed by atoms with van der Waals surface area (Å²) in [5.41, 5.74) is 2.52. The van der Waals surface area contributed by atoms with Gasteiger partial charge < -0.3 is 19.3 Å². The van der Waals surface area contributed by atoms with Crippen molar-refractivity contribution in [3.05, 3.63) is 71.7 Å². The summed E-state index contributed by atoms with van der Waals surface area (Å²) in [6.45, 7) is 7.67. The topological polar surface area (TPSA) is 72.2 Å². The first kappa shape index (κ1) is 26.2. The molecule has 1 aliphatic heterocycles. The number of aliphatic hydroxyl groups excluding tert-OH is 1.